The maximum Gasteiger partial charge on any atom is 0.244 e. The summed E-state index contributed by atoms with van der Waals surface area (Å²) < 4.78 is 1.74. The van der Waals surface area contributed by atoms with Crippen LogP contribution in [0.4, 0.5) is 0 Å². The van der Waals surface area contributed by atoms with Crippen LogP contribution in [0.15, 0.2) is 48.8 Å². The average Bonchev–Trinajstić information content (AvgIpc) is 3.30. The first-order chi connectivity index (χ1) is 11.7. The number of nitrogens with zero attached hydrogens (tertiary/aromatic N) is 3. The van der Waals surface area contributed by atoms with E-state index < -0.39 is 0 Å². The SMILES string of the molecule is O=C(/C=C/c1cnn(-c2ccccc2)c1)NCC(=O)N1CCCC1. The van der Waals surface area contributed by atoms with E-state index in [0.717, 1.165) is 37.2 Å². The highest BCUT2D eigenvalue weighted by molar-refractivity contribution is 5.94. The number of aromatic nitrogens is 2. The number of carbonyl (C=O) groups is 2. The van der Waals surface area contributed by atoms with Crippen molar-refractivity contribution in [2.24, 2.45) is 0 Å². The van der Waals surface area contributed by atoms with Crippen molar-refractivity contribution in [1.29, 1.82) is 0 Å². The summed E-state index contributed by atoms with van der Waals surface area (Å²) in [4.78, 5) is 25.5. The minimum atomic E-state index is -0.282. The van der Waals surface area contributed by atoms with E-state index in [-0.39, 0.29) is 18.4 Å². The first-order valence-electron chi connectivity index (χ1n) is 8.06. The van der Waals surface area contributed by atoms with Crippen LogP contribution in [0.5, 0.6) is 0 Å². The Kier molecular flexibility index (Phi) is 5.05. The van der Waals surface area contributed by atoms with Crippen molar-refractivity contribution in [3.63, 3.8) is 0 Å². The van der Waals surface area contributed by atoms with Crippen LogP contribution in [0.3, 0.4) is 0 Å². The van der Waals surface area contributed by atoms with Gasteiger partial charge in [0.05, 0.1) is 18.4 Å². The zero-order valence-electron chi connectivity index (χ0n) is 13.4. The predicted molar refractivity (Wildman–Crippen MR) is 91.4 cm³/mol. The molecule has 0 spiro atoms. The molecule has 124 valence electrons. The molecule has 3 rings (SSSR count). The topological polar surface area (TPSA) is 67.2 Å². The fraction of sp³-hybridized carbons (Fsp3) is 0.278. The van der Waals surface area contributed by atoms with Crippen LogP contribution >= 0.6 is 0 Å². The maximum absolute atomic E-state index is 11.9. The van der Waals surface area contributed by atoms with Crippen molar-refractivity contribution < 1.29 is 9.59 Å². The molecule has 0 atom stereocenters. The van der Waals surface area contributed by atoms with E-state index in [2.05, 4.69) is 10.4 Å². The molecule has 24 heavy (non-hydrogen) atoms. The number of nitrogens with one attached hydrogen (secondary N) is 1. The second kappa shape index (κ2) is 7.59. The van der Waals surface area contributed by atoms with Gasteiger partial charge in [0.2, 0.25) is 11.8 Å². The molecule has 0 saturated carbocycles. The first-order valence-corrected chi connectivity index (χ1v) is 8.06. The van der Waals surface area contributed by atoms with Crippen LogP contribution < -0.4 is 5.32 Å². The molecule has 1 N–H and O–H groups in total. The smallest absolute Gasteiger partial charge is 0.244 e. The molecule has 0 bridgehead atoms. The predicted octanol–water partition coefficient (Wildman–Crippen LogP) is 1.62. The van der Waals surface area contributed by atoms with E-state index >= 15 is 0 Å². The van der Waals surface area contributed by atoms with Crippen molar-refractivity contribution in [3.05, 3.63) is 54.4 Å². The Bertz CT molecular complexity index is 730. The largest absolute Gasteiger partial charge is 0.343 e. The summed E-state index contributed by atoms with van der Waals surface area (Å²) >= 11 is 0. The van der Waals surface area contributed by atoms with E-state index in [9.17, 15) is 9.59 Å². The van der Waals surface area contributed by atoms with Gasteiger partial charge in [0.25, 0.3) is 0 Å². The van der Waals surface area contributed by atoms with Gasteiger partial charge >= 0.3 is 0 Å². The van der Waals surface area contributed by atoms with Gasteiger partial charge in [-0.2, -0.15) is 5.10 Å². The molecule has 1 aromatic carbocycles. The molecule has 0 unspecified atom stereocenters. The van der Waals surface area contributed by atoms with Crippen molar-refractivity contribution in [2.45, 2.75) is 12.8 Å². The molecule has 1 aliphatic heterocycles. The third kappa shape index (κ3) is 4.10. The van der Waals surface area contributed by atoms with Gasteiger partial charge < -0.3 is 10.2 Å². The molecule has 0 radical (unpaired) electrons. The quantitative estimate of drug-likeness (QED) is 0.850. The van der Waals surface area contributed by atoms with Gasteiger partial charge in [-0.05, 0) is 31.1 Å². The molecular weight excluding hydrogens is 304 g/mol. The number of hydrogen-bond donors (Lipinski definition) is 1. The van der Waals surface area contributed by atoms with Crippen molar-refractivity contribution in [3.8, 4) is 5.69 Å². The average molecular weight is 324 g/mol. The lowest BCUT2D eigenvalue weighted by atomic mass is 10.3. The normalized spacial score (nSPS) is 14.2. The molecule has 1 aromatic heterocycles. The number of benzene rings is 1. The molecule has 6 nitrogen and oxygen atoms in total. The molecule has 2 amide bonds. The van der Waals surface area contributed by atoms with Crippen LogP contribution in [-0.4, -0.2) is 46.1 Å². The summed E-state index contributed by atoms with van der Waals surface area (Å²) in [5.41, 5.74) is 1.78. The van der Waals surface area contributed by atoms with Crippen molar-refractivity contribution >= 4 is 17.9 Å². The van der Waals surface area contributed by atoms with Gasteiger partial charge in [0.15, 0.2) is 0 Å². The van der Waals surface area contributed by atoms with Crippen molar-refractivity contribution in [2.75, 3.05) is 19.6 Å². The van der Waals surface area contributed by atoms with E-state index in [1.165, 1.54) is 6.08 Å². The zero-order chi connectivity index (χ0) is 16.8. The highest BCUT2D eigenvalue weighted by Gasteiger charge is 2.17. The molecule has 1 fully saturated rings. The van der Waals surface area contributed by atoms with Gasteiger partial charge in [-0.25, -0.2) is 4.68 Å². The summed E-state index contributed by atoms with van der Waals surface area (Å²) in [6.07, 6.45) is 8.72. The number of hydrogen-bond acceptors (Lipinski definition) is 3. The Balaban J connectivity index is 1.51. The standard InChI is InChI=1S/C18H20N4O2/c23-17(19-13-18(24)21-10-4-5-11-21)9-8-15-12-20-22(14-15)16-6-2-1-3-7-16/h1-3,6-9,12,14H,4-5,10-11,13H2,(H,19,23)/b9-8+. The van der Waals surface area contributed by atoms with Crippen LogP contribution in [0.2, 0.25) is 0 Å². The van der Waals surface area contributed by atoms with Crippen LogP contribution in [0.25, 0.3) is 11.8 Å². The molecule has 0 aliphatic carbocycles. The van der Waals surface area contributed by atoms with Crippen molar-refractivity contribution in [1.82, 2.24) is 20.0 Å². The van der Waals surface area contributed by atoms with Crippen LogP contribution in [-0.2, 0) is 9.59 Å². The minimum Gasteiger partial charge on any atom is -0.343 e. The lowest BCUT2D eigenvalue weighted by Gasteiger charge is -2.14. The van der Waals surface area contributed by atoms with Gasteiger partial charge in [0, 0.05) is 30.9 Å². The second-order valence-corrected chi connectivity index (χ2v) is 5.69. The fourth-order valence-corrected chi connectivity index (χ4v) is 2.62. The third-order valence-corrected chi connectivity index (χ3v) is 3.92. The summed E-state index contributed by atoms with van der Waals surface area (Å²) in [5, 5.41) is 6.89. The molecule has 1 saturated heterocycles. The maximum atomic E-state index is 11.9. The molecular formula is C18H20N4O2. The van der Waals surface area contributed by atoms with Gasteiger partial charge in [-0.15, -0.1) is 0 Å². The van der Waals surface area contributed by atoms with Gasteiger partial charge in [-0.1, -0.05) is 18.2 Å². The lowest BCUT2D eigenvalue weighted by Crippen LogP contribution is -2.38. The summed E-state index contributed by atoms with van der Waals surface area (Å²) in [6.45, 7) is 1.64. The number of amides is 2. The fourth-order valence-electron chi connectivity index (χ4n) is 2.62. The second-order valence-electron chi connectivity index (χ2n) is 5.69. The highest BCUT2D eigenvalue weighted by Crippen LogP contribution is 2.09. The molecule has 2 heterocycles. The van der Waals surface area contributed by atoms with E-state index in [0.29, 0.717) is 0 Å². The number of para-hydroxylation sites is 1. The first kappa shape index (κ1) is 16.0. The van der Waals surface area contributed by atoms with E-state index in [4.69, 9.17) is 0 Å². The Morgan fingerprint density at radius 3 is 2.67 bits per heavy atom. The molecule has 1 aliphatic rings. The number of rotatable bonds is 5. The highest BCUT2D eigenvalue weighted by atomic mass is 16.2. The Morgan fingerprint density at radius 2 is 1.92 bits per heavy atom. The molecule has 2 aromatic rings. The summed E-state index contributed by atoms with van der Waals surface area (Å²) in [6, 6.07) is 9.74. The number of carbonyl (C=O) groups excluding carboxylic acids is 2. The third-order valence-electron chi connectivity index (χ3n) is 3.92. The summed E-state index contributed by atoms with van der Waals surface area (Å²) in [5.74, 6) is -0.304. The van der Waals surface area contributed by atoms with Crippen LogP contribution in [0.1, 0.15) is 18.4 Å². The molecule has 6 heteroatoms. The van der Waals surface area contributed by atoms with E-state index in [1.54, 1.807) is 21.9 Å². The number of likely N-dealkylation sites (tertiary alicyclic amines) is 1. The van der Waals surface area contributed by atoms with Gasteiger partial charge in [0.1, 0.15) is 0 Å². The lowest BCUT2D eigenvalue weighted by molar-refractivity contribution is -0.131. The summed E-state index contributed by atoms with van der Waals surface area (Å²) in [7, 11) is 0. The van der Waals surface area contributed by atoms with Gasteiger partial charge in [-0.3, -0.25) is 9.59 Å². The Morgan fingerprint density at radius 1 is 1.17 bits per heavy atom. The van der Waals surface area contributed by atoms with E-state index in [1.807, 2.05) is 36.5 Å². The zero-order valence-corrected chi connectivity index (χ0v) is 13.4. The minimum absolute atomic E-state index is 0.0221. The Hall–Kier alpha value is -2.89. The monoisotopic (exact) mass is 324 g/mol. The Labute approximate surface area is 140 Å². The van der Waals surface area contributed by atoms with Crippen LogP contribution in [0, 0.1) is 0 Å².